The van der Waals surface area contributed by atoms with E-state index in [9.17, 15) is 10.1 Å². The number of fused-ring (bicyclic) bond motifs is 1. The number of benzene rings is 1. The fraction of sp³-hybridized carbons (Fsp3) is 0.381. The van der Waals surface area contributed by atoms with E-state index >= 15 is 0 Å². The van der Waals surface area contributed by atoms with Crippen LogP contribution in [0, 0.1) is 22.7 Å². The molecule has 1 heterocycles. The summed E-state index contributed by atoms with van der Waals surface area (Å²) in [6, 6.07) is 9.06. The van der Waals surface area contributed by atoms with Gasteiger partial charge in [-0.1, -0.05) is 6.42 Å². The zero-order chi connectivity index (χ0) is 20.1. The van der Waals surface area contributed by atoms with Crippen LogP contribution in [0.1, 0.15) is 47.8 Å². The van der Waals surface area contributed by atoms with Crippen LogP contribution in [0.2, 0.25) is 0 Å². The predicted molar refractivity (Wildman–Crippen MR) is 107 cm³/mol. The molecule has 0 fully saturated rings. The Bertz CT molecular complexity index is 968. The number of methoxy groups -OCH3 is 1. The molecular weight excluding hydrogens is 374 g/mol. The largest absolute Gasteiger partial charge is 0.493 e. The van der Waals surface area contributed by atoms with Crippen molar-refractivity contribution in [3.05, 3.63) is 39.8 Å². The Morgan fingerprint density at radius 3 is 2.68 bits per heavy atom. The van der Waals surface area contributed by atoms with E-state index in [1.54, 1.807) is 25.1 Å². The zero-order valence-corrected chi connectivity index (χ0v) is 16.7. The number of aryl methyl sites for hydroxylation is 1. The van der Waals surface area contributed by atoms with Crippen molar-refractivity contribution in [2.24, 2.45) is 0 Å². The lowest BCUT2D eigenvalue weighted by atomic mass is 10.1. The number of nitrogens with one attached hydrogen (secondary N) is 1. The number of amides is 1. The topological polar surface area (TPSA) is 95.1 Å². The fourth-order valence-corrected chi connectivity index (χ4v) is 4.48. The number of carbonyl (C=O) groups excluding carboxylic acids is 1. The molecular formula is C21H21N3O3S. The van der Waals surface area contributed by atoms with Gasteiger partial charge in [-0.25, -0.2) is 0 Å². The molecule has 144 valence electrons. The molecule has 1 aromatic carbocycles. The molecule has 1 aliphatic rings. The molecule has 1 N–H and O–H groups in total. The lowest BCUT2D eigenvalue weighted by Crippen LogP contribution is -2.30. The van der Waals surface area contributed by atoms with Crippen LogP contribution in [0.15, 0.2) is 18.2 Å². The standard InChI is InChI=1S/C21H21N3O3S/c1-13(27-17-9-8-14(11-22)10-18(17)26-2)20(25)24-21-16(12-23)15-6-4-3-5-7-19(15)28-21/h8-10,13H,3-7H2,1-2H3,(H,24,25)/t13-/m1/s1. The molecule has 1 atom stereocenters. The maximum Gasteiger partial charge on any atom is 0.265 e. The Balaban J connectivity index is 1.75. The van der Waals surface area contributed by atoms with Crippen molar-refractivity contribution >= 4 is 22.2 Å². The van der Waals surface area contributed by atoms with Crippen molar-refractivity contribution in [2.75, 3.05) is 12.4 Å². The summed E-state index contributed by atoms with van der Waals surface area (Å²) in [7, 11) is 1.48. The van der Waals surface area contributed by atoms with E-state index in [0.29, 0.717) is 27.6 Å². The van der Waals surface area contributed by atoms with Gasteiger partial charge in [0.1, 0.15) is 11.1 Å². The third kappa shape index (κ3) is 4.11. The average molecular weight is 395 g/mol. The summed E-state index contributed by atoms with van der Waals surface area (Å²) in [5.74, 6) is 0.435. The van der Waals surface area contributed by atoms with E-state index in [0.717, 1.165) is 31.2 Å². The van der Waals surface area contributed by atoms with E-state index in [4.69, 9.17) is 14.7 Å². The predicted octanol–water partition coefficient (Wildman–Crippen LogP) is 4.17. The van der Waals surface area contributed by atoms with E-state index in [-0.39, 0.29) is 5.91 Å². The first-order valence-corrected chi connectivity index (χ1v) is 9.99. The van der Waals surface area contributed by atoms with Gasteiger partial charge in [-0.05, 0) is 50.3 Å². The molecule has 0 aliphatic heterocycles. The molecule has 2 aromatic rings. The Labute approximate surface area is 168 Å². The fourth-order valence-electron chi connectivity index (χ4n) is 3.24. The highest BCUT2D eigenvalue weighted by Gasteiger charge is 2.24. The summed E-state index contributed by atoms with van der Waals surface area (Å²) >= 11 is 1.49. The Hall–Kier alpha value is -3.03. The first kappa shape index (κ1) is 19.7. The van der Waals surface area contributed by atoms with Gasteiger partial charge in [0, 0.05) is 10.9 Å². The lowest BCUT2D eigenvalue weighted by Gasteiger charge is -2.16. The number of anilines is 1. The van der Waals surface area contributed by atoms with Gasteiger partial charge in [-0.2, -0.15) is 10.5 Å². The van der Waals surface area contributed by atoms with Crippen molar-refractivity contribution in [2.45, 2.75) is 45.1 Å². The monoisotopic (exact) mass is 395 g/mol. The number of rotatable bonds is 5. The number of thiophene rings is 1. The van der Waals surface area contributed by atoms with E-state index in [1.165, 1.54) is 29.7 Å². The normalized spacial score (nSPS) is 14.0. The summed E-state index contributed by atoms with van der Waals surface area (Å²) in [5.41, 5.74) is 2.11. The van der Waals surface area contributed by atoms with E-state index in [2.05, 4.69) is 11.4 Å². The first-order valence-electron chi connectivity index (χ1n) is 9.17. The maximum absolute atomic E-state index is 12.7. The highest BCUT2D eigenvalue weighted by Crippen LogP contribution is 2.37. The molecule has 0 saturated heterocycles. The van der Waals surface area contributed by atoms with E-state index in [1.807, 2.05) is 6.07 Å². The number of nitriles is 2. The zero-order valence-electron chi connectivity index (χ0n) is 15.9. The van der Waals surface area contributed by atoms with Crippen molar-refractivity contribution < 1.29 is 14.3 Å². The van der Waals surface area contributed by atoms with Crippen LogP contribution in [-0.2, 0) is 17.6 Å². The molecule has 7 heteroatoms. The van der Waals surface area contributed by atoms with Gasteiger partial charge in [0.05, 0.1) is 24.3 Å². The molecule has 1 aromatic heterocycles. The van der Waals surface area contributed by atoms with Gasteiger partial charge in [-0.15, -0.1) is 11.3 Å². The second-order valence-electron chi connectivity index (χ2n) is 6.61. The molecule has 0 unspecified atom stereocenters. The molecule has 0 saturated carbocycles. The van der Waals surface area contributed by atoms with Crippen molar-refractivity contribution in [3.63, 3.8) is 0 Å². The molecule has 0 radical (unpaired) electrons. The van der Waals surface area contributed by atoms with Gasteiger partial charge in [0.2, 0.25) is 0 Å². The van der Waals surface area contributed by atoms with Gasteiger partial charge >= 0.3 is 0 Å². The SMILES string of the molecule is COc1cc(C#N)ccc1O[C@H](C)C(=O)Nc1sc2c(c1C#N)CCCCC2. The minimum absolute atomic E-state index is 0.334. The second-order valence-corrected chi connectivity index (χ2v) is 7.71. The molecule has 6 nitrogen and oxygen atoms in total. The van der Waals surface area contributed by atoms with Crippen LogP contribution in [0.5, 0.6) is 11.5 Å². The Morgan fingerprint density at radius 1 is 1.18 bits per heavy atom. The summed E-state index contributed by atoms with van der Waals surface area (Å²) in [6.45, 7) is 1.64. The Kier molecular flexibility index (Phi) is 6.18. The highest BCUT2D eigenvalue weighted by atomic mass is 32.1. The second kappa shape index (κ2) is 8.77. The van der Waals surface area contributed by atoms with E-state index < -0.39 is 6.10 Å². The van der Waals surface area contributed by atoms with Crippen LogP contribution >= 0.6 is 11.3 Å². The van der Waals surface area contributed by atoms with Crippen LogP contribution in [0.3, 0.4) is 0 Å². The summed E-state index contributed by atoms with van der Waals surface area (Å²) in [4.78, 5) is 13.9. The third-order valence-corrected chi connectivity index (χ3v) is 5.94. The molecule has 0 bridgehead atoms. The van der Waals surface area contributed by atoms with Crippen LogP contribution < -0.4 is 14.8 Å². The van der Waals surface area contributed by atoms with Crippen LogP contribution in [-0.4, -0.2) is 19.1 Å². The summed E-state index contributed by atoms with van der Waals surface area (Å²) < 4.78 is 11.0. The molecule has 1 amide bonds. The quantitative estimate of drug-likeness (QED) is 0.767. The van der Waals surface area contributed by atoms with Gasteiger partial charge in [0.15, 0.2) is 17.6 Å². The van der Waals surface area contributed by atoms with Gasteiger partial charge < -0.3 is 14.8 Å². The van der Waals surface area contributed by atoms with Gasteiger partial charge in [-0.3, -0.25) is 4.79 Å². The number of hydrogen-bond donors (Lipinski definition) is 1. The minimum atomic E-state index is -0.796. The lowest BCUT2D eigenvalue weighted by molar-refractivity contribution is -0.122. The number of ether oxygens (including phenoxy) is 2. The number of hydrogen-bond acceptors (Lipinski definition) is 6. The summed E-state index contributed by atoms with van der Waals surface area (Å²) in [6.07, 6.45) is 4.41. The average Bonchev–Trinajstić information content (AvgIpc) is 2.86. The van der Waals surface area contributed by atoms with Gasteiger partial charge in [0.25, 0.3) is 5.91 Å². The maximum atomic E-state index is 12.7. The molecule has 1 aliphatic carbocycles. The third-order valence-electron chi connectivity index (χ3n) is 4.74. The van der Waals surface area contributed by atoms with Crippen molar-refractivity contribution in [1.29, 1.82) is 10.5 Å². The summed E-state index contributed by atoms with van der Waals surface area (Å²) in [5, 5.41) is 22.0. The number of nitrogens with zero attached hydrogens (tertiary/aromatic N) is 2. The smallest absolute Gasteiger partial charge is 0.265 e. The molecule has 3 rings (SSSR count). The van der Waals surface area contributed by atoms with Crippen LogP contribution in [0.25, 0.3) is 0 Å². The number of carbonyl (C=O) groups is 1. The first-order chi connectivity index (χ1) is 13.6. The molecule has 28 heavy (non-hydrogen) atoms. The van der Waals surface area contributed by atoms with Crippen molar-refractivity contribution in [1.82, 2.24) is 0 Å². The van der Waals surface area contributed by atoms with Crippen molar-refractivity contribution in [3.8, 4) is 23.6 Å². The Morgan fingerprint density at radius 2 is 1.96 bits per heavy atom. The minimum Gasteiger partial charge on any atom is -0.493 e. The van der Waals surface area contributed by atoms with Crippen LogP contribution in [0.4, 0.5) is 5.00 Å². The highest BCUT2D eigenvalue weighted by molar-refractivity contribution is 7.16. The molecule has 0 spiro atoms.